The van der Waals surface area contributed by atoms with E-state index in [2.05, 4.69) is 0 Å². The van der Waals surface area contributed by atoms with Crippen molar-refractivity contribution in [2.24, 2.45) is 0 Å². The summed E-state index contributed by atoms with van der Waals surface area (Å²) in [6, 6.07) is 14.8. The summed E-state index contributed by atoms with van der Waals surface area (Å²) in [6.45, 7) is 0. The minimum atomic E-state index is -1.80. The van der Waals surface area contributed by atoms with E-state index in [9.17, 15) is 76.6 Å². The Balaban J connectivity index is 1.25. The van der Waals surface area contributed by atoms with Crippen LogP contribution in [0.2, 0.25) is 0 Å². The van der Waals surface area contributed by atoms with Gasteiger partial charge in [0, 0.05) is 64.4 Å². The molecule has 3 heterocycles. The molecule has 64 heavy (non-hydrogen) atoms. The summed E-state index contributed by atoms with van der Waals surface area (Å²) in [5.41, 5.74) is -0.363. The van der Waals surface area contributed by atoms with Crippen molar-refractivity contribution in [1.82, 2.24) is 0 Å². The Morgan fingerprint density at radius 3 is 1.50 bits per heavy atom. The third-order valence-corrected chi connectivity index (χ3v) is 12.1. The highest BCUT2D eigenvalue weighted by molar-refractivity contribution is 5.68. The van der Waals surface area contributed by atoms with Crippen LogP contribution in [0, 0.1) is 0 Å². The molecule has 6 aromatic carbocycles. The SMILES string of the molecule is Oc1cc(O)c2c(c1)OC(c1ccc(O)c(O)c1)C(O)C2c1c(O)cc(O)c2c1OC(c1ccc(O)c(O)c1)C(O)C2Cc1c(O)cc(O)c2c1OC(c1ccc(O)c(O)c1)C(O)C2. The summed E-state index contributed by atoms with van der Waals surface area (Å²) >= 11 is 0. The largest absolute Gasteiger partial charge is 0.508 e. The van der Waals surface area contributed by atoms with Crippen molar-refractivity contribution in [2.75, 3.05) is 0 Å². The minimum Gasteiger partial charge on any atom is -0.508 e. The van der Waals surface area contributed by atoms with E-state index in [0.717, 1.165) is 54.6 Å². The molecular formula is C46H40O18. The Morgan fingerprint density at radius 2 is 0.922 bits per heavy atom. The number of fused-ring (bicyclic) bond motifs is 3. The molecule has 0 aliphatic carbocycles. The molecule has 3 aliphatic rings. The summed E-state index contributed by atoms with van der Waals surface area (Å²) in [7, 11) is 0. The maximum Gasteiger partial charge on any atom is 0.157 e. The highest BCUT2D eigenvalue weighted by atomic mass is 16.5. The van der Waals surface area contributed by atoms with Crippen molar-refractivity contribution in [2.45, 2.75) is 61.3 Å². The number of ether oxygens (including phenoxy) is 3. The lowest BCUT2D eigenvalue weighted by Gasteiger charge is -2.42. The average molecular weight is 881 g/mol. The third-order valence-electron chi connectivity index (χ3n) is 12.1. The second-order valence-corrected chi connectivity index (χ2v) is 16.0. The number of aliphatic hydroxyl groups is 3. The molecule has 18 nitrogen and oxygen atoms in total. The zero-order chi connectivity index (χ0) is 45.6. The first-order valence-electron chi connectivity index (χ1n) is 19.7. The Kier molecular flexibility index (Phi) is 9.88. The second kappa shape index (κ2) is 15.2. The zero-order valence-corrected chi connectivity index (χ0v) is 33.0. The van der Waals surface area contributed by atoms with Gasteiger partial charge in [-0.15, -0.1) is 0 Å². The van der Waals surface area contributed by atoms with Crippen LogP contribution < -0.4 is 14.2 Å². The predicted octanol–water partition coefficient (Wildman–Crippen LogP) is 4.64. The molecule has 0 bridgehead atoms. The molecule has 0 amide bonds. The Morgan fingerprint density at radius 1 is 0.422 bits per heavy atom. The molecule has 332 valence electrons. The van der Waals surface area contributed by atoms with Crippen LogP contribution in [0.4, 0.5) is 0 Å². The molecule has 9 rings (SSSR count). The Labute approximate surface area is 361 Å². The molecule has 3 aliphatic heterocycles. The van der Waals surface area contributed by atoms with E-state index in [1.54, 1.807) is 0 Å². The first-order valence-corrected chi connectivity index (χ1v) is 19.7. The Hall–Kier alpha value is -7.80. The van der Waals surface area contributed by atoms with Crippen LogP contribution in [0.15, 0.2) is 78.9 Å². The van der Waals surface area contributed by atoms with Crippen LogP contribution in [0.25, 0.3) is 0 Å². The van der Waals surface area contributed by atoms with Gasteiger partial charge >= 0.3 is 0 Å². The fraction of sp³-hybridized carbons (Fsp3) is 0.217. The summed E-state index contributed by atoms with van der Waals surface area (Å²) in [5.74, 6) is -10.3. The average Bonchev–Trinajstić information content (AvgIpc) is 3.23. The molecule has 18 heteroatoms. The van der Waals surface area contributed by atoms with Crippen molar-refractivity contribution < 1.29 is 90.8 Å². The predicted molar refractivity (Wildman–Crippen MR) is 219 cm³/mol. The van der Waals surface area contributed by atoms with Gasteiger partial charge in [-0.3, -0.25) is 0 Å². The Bertz CT molecular complexity index is 2860. The molecule has 0 spiro atoms. The number of hydrogen-bond donors (Lipinski definition) is 15. The fourth-order valence-corrected chi connectivity index (χ4v) is 9.09. The van der Waals surface area contributed by atoms with Gasteiger partial charge < -0.3 is 90.8 Å². The van der Waals surface area contributed by atoms with Gasteiger partial charge in [0.1, 0.15) is 70.1 Å². The number of phenols is 12. The molecule has 0 saturated heterocycles. The summed E-state index contributed by atoms with van der Waals surface area (Å²) in [6.07, 6.45) is -9.78. The van der Waals surface area contributed by atoms with Crippen molar-refractivity contribution in [1.29, 1.82) is 0 Å². The monoisotopic (exact) mass is 880 g/mol. The van der Waals surface area contributed by atoms with E-state index in [-0.39, 0.29) is 68.2 Å². The first-order chi connectivity index (χ1) is 30.4. The number of rotatable bonds is 6. The smallest absolute Gasteiger partial charge is 0.157 e. The van der Waals surface area contributed by atoms with Gasteiger partial charge in [-0.2, -0.15) is 0 Å². The van der Waals surface area contributed by atoms with E-state index in [4.69, 9.17) is 14.2 Å². The number of hydrogen-bond acceptors (Lipinski definition) is 18. The van der Waals surface area contributed by atoms with E-state index in [1.807, 2.05) is 0 Å². The van der Waals surface area contributed by atoms with Crippen LogP contribution in [0.5, 0.6) is 86.2 Å². The number of aromatic hydroxyl groups is 12. The van der Waals surface area contributed by atoms with Gasteiger partial charge in [0.05, 0.1) is 12.0 Å². The lowest BCUT2D eigenvalue weighted by atomic mass is 9.74. The van der Waals surface area contributed by atoms with E-state index in [0.29, 0.717) is 0 Å². The van der Waals surface area contributed by atoms with Crippen molar-refractivity contribution in [3.05, 3.63) is 123 Å². The first kappa shape index (κ1) is 41.5. The molecular weight excluding hydrogens is 840 g/mol. The molecule has 15 N–H and O–H groups in total. The summed E-state index contributed by atoms with van der Waals surface area (Å²) < 4.78 is 18.8. The standard InChI is InChI=1S/C46H40O18/c47-19-10-31(56)37-35(11-19)62-44(18-3-6-25(50)30(55)9-18)41(61)39(37)38-33(58)15-32(57)36-22(40(60)43(64-46(36)38)17-2-5-24(49)29(54)8-17)12-20-26(51)14-27(52)21-13-34(59)42(63-45(20)21)16-1-4-23(48)28(53)7-16/h1-11,14-15,22,34,39-44,47-61H,12-13H2. The van der Waals surface area contributed by atoms with Crippen molar-refractivity contribution >= 4 is 0 Å². The maximum atomic E-state index is 12.4. The van der Waals surface area contributed by atoms with Crippen LogP contribution >= 0.6 is 0 Å². The molecule has 6 aromatic rings. The normalized spacial score (nSPS) is 23.4. The van der Waals surface area contributed by atoms with E-state index >= 15 is 0 Å². The van der Waals surface area contributed by atoms with E-state index < -0.39 is 124 Å². The zero-order valence-electron chi connectivity index (χ0n) is 33.0. The second-order valence-electron chi connectivity index (χ2n) is 16.0. The third kappa shape index (κ3) is 6.71. The van der Waals surface area contributed by atoms with Gasteiger partial charge in [0.25, 0.3) is 0 Å². The van der Waals surface area contributed by atoms with Crippen LogP contribution in [0.3, 0.4) is 0 Å². The number of aliphatic hydroxyl groups excluding tert-OH is 3. The fourth-order valence-electron chi connectivity index (χ4n) is 9.09. The van der Waals surface area contributed by atoms with Crippen LogP contribution in [-0.2, 0) is 12.8 Å². The molecule has 0 fully saturated rings. The molecule has 0 aromatic heterocycles. The molecule has 8 atom stereocenters. The van der Waals surface area contributed by atoms with E-state index in [1.165, 1.54) is 24.3 Å². The quantitative estimate of drug-likeness (QED) is 0.101. The number of phenolic OH excluding ortho intramolecular Hbond substituents is 12. The number of benzene rings is 6. The summed E-state index contributed by atoms with van der Waals surface area (Å²) in [5, 5.41) is 165. The maximum absolute atomic E-state index is 12.4. The van der Waals surface area contributed by atoms with Crippen molar-refractivity contribution in [3.8, 4) is 86.2 Å². The molecule has 0 radical (unpaired) electrons. The highest BCUT2D eigenvalue weighted by Crippen LogP contribution is 2.60. The topological polar surface area (TPSA) is 331 Å². The summed E-state index contributed by atoms with van der Waals surface area (Å²) in [4.78, 5) is 0. The van der Waals surface area contributed by atoms with Gasteiger partial charge in [-0.05, 0) is 59.5 Å². The van der Waals surface area contributed by atoms with Gasteiger partial charge in [-0.25, -0.2) is 0 Å². The minimum absolute atomic E-state index is 0.0453. The van der Waals surface area contributed by atoms with Gasteiger partial charge in [0.2, 0.25) is 0 Å². The van der Waals surface area contributed by atoms with Gasteiger partial charge in [-0.1, -0.05) is 18.2 Å². The van der Waals surface area contributed by atoms with Crippen LogP contribution in [-0.4, -0.2) is 94.9 Å². The lowest BCUT2D eigenvalue weighted by molar-refractivity contribution is -0.00904. The molecule has 0 saturated carbocycles. The molecule has 8 unspecified atom stereocenters. The highest BCUT2D eigenvalue weighted by Gasteiger charge is 2.49. The van der Waals surface area contributed by atoms with Crippen molar-refractivity contribution in [3.63, 3.8) is 0 Å². The lowest BCUT2D eigenvalue weighted by Crippen LogP contribution is -2.38. The van der Waals surface area contributed by atoms with Crippen LogP contribution in [0.1, 0.15) is 74.7 Å². The van der Waals surface area contributed by atoms with Gasteiger partial charge in [0.15, 0.2) is 46.7 Å².